The lowest BCUT2D eigenvalue weighted by atomic mass is 10.1. The molecule has 126 valence electrons. The number of amides is 2. The minimum atomic E-state index is -0.298. The zero-order valence-electron chi connectivity index (χ0n) is 14.3. The molecule has 0 aliphatic carbocycles. The summed E-state index contributed by atoms with van der Waals surface area (Å²) in [5, 5.41) is 2.92. The predicted octanol–water partition coefficient (Wildman–Crippen LogP) is 1.83. The van der Waals surface area contributed by atoms with E-state index in [1.807, 2.05) is 20.8 Å². The van der Waals surface area contributed by atoms with Crippen molar-refractivity contribution in [2.75, 3.05) is 20.8 Å². The number of rotatable bonds is 4. The van der Waals surface area contributed by atoms with Crippen LogP contribution in [0.5, 0.6) is 11.5 Å². The Morgan fingerprint density at radius 1 is 1.22 bits per heavy atom. The van der Waals surface area contributed by atoms with Gasteiger partial charge in [-0.2, -0.15) is 0 Å². The lowest BCUT2D eigenvalue weighted by molar-refractivity contribution is -0.131. The van der Waals surface area contributed by atoms with Crippen molar-refractivity contribution in [3.05, 3.63) is 23.8 Å². The first-order valence-electron chi connectivity index (χ1n) is 7.60. The standard InChI is InChI=1S/C17H24N2O4/c1-17(2,3)19-10-11(9-14(19)20)18-16(21)15-12(22-4)7-6-8-13(15)23-5/h6-8,11H,9-10H2,1-5H3,(H,18,21). The fourth-order valence-corrected chi connectivity index (χ4v) is 2.78. The van der Waals surface area contributed by atoms with Crippen molar-refractivity contribution in [3.63, 3.8) is 0 Å². The smallest absolute Gasteiger partial charge is 0.259 e. The molecule has 23 heavy (non-hydrogen) atoms. The van der Waals surface area contributed by atoms with Crippen LogP contribution in [0.1, 0.15) is 37.6 Å². The summed E-state index contributed by atoms with van der Waals surface area (Å²) in [5.41, 5.74) is 0.0951. The third-order valence-corrected chi connectivity index (χ3v) is 3.92. The molecule has 0 radical (unpaired) electrons. The second-order valence-electron chi connectivity index (χ2n) is 6.59. The molecule has 1 aromatic rings. The molecule has 6 nitrogen and oxygen atoms in total. The summed E-state index contributed by atoms with van der Waals surface area (Å²) in [7, 11) is 3.01. The van der Waals surface area contributed by atoms with Crippen LogP contribution in [-0.4, -0.2) is 49.1 Å². The Hall–Kier alpha value is -2.24. The number of hydrogen-bond acceptors (Lipinski definition) is 4. The highest BCUT2D eigenvalue weighted by atomic mass is 16.5. The molecule has 1 saturated heterocycles. The van der Waals surface area contributed by atoms with Crippen molar-refractivity contribution >= 4 is 11.8 Å². The van der Waals surface area contributed by atoms with E-state index in [0.717, 1.165) is 0 Å². The van der Waals surface area contributed by atoms with E-state index < -0.39 is 0 Å². The van der Waals surface area contributed by atoms with E-state index in [2.05, 4.69) is 5.32 Å². The molecule has 1 heterocycles. The maximum absolute atomic E-state index is 12.6. The van der Waals surface area contributed by atoms with Crippen molar-refractivity contribution in [3.8, 4) is 11.5 Å². The van der Waals surface area contributed by atoms with Crippen LogP contribution in [0.25, 0.3) is 0 Å². The summed E-state index contributed by atoms with van der Waals surface area (Å²) in [5.74, 6) is 0.639. The van der Waals surface area contributed by atoms with E-state index in [-0.39, 0.29) is 23.4 Å². The van der Waals surface area contributed by atoms with Crippen LogP contribution in [0.3, 0.4) is 0 Å². The fraction of sp³-hybridized carbons (Fsp3) is 0.529. The fourth-order valence-electron chi connectivity index (χ4n) is 2.78. The number of likely N-dealkylation sites (tertiary alicyclic amines) is 1. The van der Waals surface area contributed by atoms with E-state index >= 15 is 0 Å². The first-order valence-corrected chi connectivity index (χ1v) is 7.60. The van der Waals surface area contributed by atoms with Gasteiger partial charge in [-0.1, -0.05) is 6.07 Å². The second kappa shape index (κ2) is 6.48. The number of benzene rings is 1. The number of nitrogens with zero attached hydrogens (tertiary/aromatic N) is 1. The molecule has 1 aliphatic rings. The van der Waals surface area contributed by atoms with Gasteiger partial charge in [0.15, 0.2) is 0 Å². The molecule has 1 aliphatic heterocycles. The van der Waals surface area contributed by atoms with Crippen LogP contribution in [-0.2, 0) is 4.79 Å². The van der Waals surface area contributed by atoms with Crippen LogP contribution < -0.4 is 14.8 Å². The molecule has 0 saturated carbocycles. The van der Waals surface area contributed by atoms with Crippen molar-refractivity contribution in [2.24, 2.45) is 0 Å². The van der Waals surface area contributed by atoms with Crippen molar-refractivity contribution in [1.82, 2.24) is 10.2 Å². The Morgan fingerprint density at radius 3 is 2.22 bits per heavy atom. The Bertz CT molecular complexity index is 585. The maximum atomic E-state index is 12.6. The monoisotopic (exact) mass is 320 g/mol. The van der Waals surface area contributed by atoms with E-state index in [4.69, 9.17) is 9.47 Å². The summed E-state index contributed by atoms with van der Waals surface area (Å²) in [6, 6.07) is 4.95. The molecule has 1 fully saturated rings. The van der Waals surface area contributed by atoms with Crippen LogP contribution in [0.2, 0.25) is 0 Å². The third kappa shape index (κ3) is 3.57. The lowest BCUT2D eigenvalue weighted by Gasteiger charge is -2.32. The van der Waals surface area contributed by atoms with Gasteiger partial charge >= 0.3 is 0 Å². The minimum absolute atomic E-state index is 0.0507. The lowest BCUT2D eigenvalue weighted by Crippen LogP contribution is -2.44. The molecule has 0 aromatic heterocycles. The Balaban J connectivity index is 2.17. The van der Waals surface area contributed by atoms with Gasteiger partial charge in [-0.3, -0.25) is 9.59 Å². The third-order valence-electron chi connectivity index (χ3n) is 3.92. The van der Waals surface area contributed by atoms with E-state index in [1.165, 1.54) is 14.2 Å². The van der Waals surface area contributed by atoms with Gasteiger partial charge in [0.25, 0.3) is 5.91 Å². The molecule has 1 atom stereocenters. The molecule has 2 rings (SSSR count). The van der Waals surface area contributed by atoms with Gasteiger partial charge in [0.1, 0.15) is 17.1 Å². The second-order valence-corrected chi connectivity index (χ2v) is 6.59. The normalized spacial score (nSPS) is 18.0. The summed E-state index contributed by atoms with van der Waals surface area (Å²) in [6.45, 7) is 6.46. The van der Waals surface area contributed by atoms with E-state index in [1.54, 1.807) is 23.1 Å². The first kappa shape index (κ1) is 17.1. The molecular weight excluding hydrogens is 296 g/mol. The van der Waals surface area contributed by atoms with Crippen LogP contribution in [0.15, 0.2) is 18.2 Å². The highest BCUT2D eigenvalue weighted by molar-refractivity contribution is 6.00. The van der Waals surface area contributed by atoms with Gasteiger partial charge < -0.3 is 19.7 Å². The van der Waals surface area contributed by atoms with Gasteiger partial charge in [0.05, 0.1) is 20.3 Å². The average Bonchev–Trinajstić information content (AvgIpc) is 2.86. The maximum Gasteiger partial charge on any atom is 0.259 e. The van der Waals surface area contributed by atoms with Gasteiger partial charge in [-0.05, 0) is 32.9 Å². The first-order chi connectivity index (χ1) is 10.8. The highest BCUT2D eigenvalue weighted by Gasteiger charge is 2.37. The van der Waals surface area contributed by atoms with Gasteiger partial charge in [-0.15, -0.1) is 0 Å². The number of carbonyl (C=O) groups is 2. The van der Waals surface area contributed by atoms with Crippen LogP contribution in [0, 0.1) is 0 Å². The predicted molar refractivity (Wildman–Crippen MR) is 86.9 cm³/mol. The average molecular weight is 320 g/mol. The summed E-state index contributed by atoms with van der Waals surface area (Å²) >= 11 is 0. The molecular formula is C17H24N2O4. The molecule has 0 spiro atoms. The Kier molecular flexibility index (Phi) is 4.82. The largest absolute Gasteiger partial charge is 0.496 e. The van der Waals surface area contributed by atoms with Crippen molar-refractivity contribution < 1.29 is 19.1 Å². The quantitative estimate of drug-likeness (QED) is 0.919. The van der Waals surface area contributed by atoms with E-state index in [9.17, 15) is 9.59 Å². The number of methoxy groups -OCH3 is 2. The highest BCUT2D eigenvalue weighted by Crippen LogP contribution is 2.29. The molecule has 6 heteroatoms. The number of hydrogen-bond donors (Lipinski definition) is 1. The molecule has 1 unspecified atom stereocenters. The Morgan fingerprint density at radius 2 is 1.78 bits per heavy atom. The Labute approximate surface area is 136 Å². The number of carbonyl (C=O) groups excluding carboxylic acids is 2. The van der Waals surface area contributed by atoms with Crippen molar-refractivity contribution in [1.29, 1.82) is 0 Å². The van der Waals surface area contributed by atoms with Crippen LogP contribution in [0.4, 0.5) is 0 Å². The van der Waals surface area contributed by atoms with Gasteiger partial charge in [-0.25, -0.2) is 0 Å². The zero-order chi connectivity index (χ0) is 17.2. The minimum Gasteiger partial charge on any atom is -0.496 e. The van der Waals surface area contributed by atoms with Crippen LogP contribution >= 0.6 is 0 Å². The zero-order valence-corrected chi connectivity index (χ0v) is 14.3. The molecule has 2 amide bonds. The van der Waals surface area contributed by atoms with Gasteiger partial charge in [0, 0.05) is 18.5 Å². The summed E-state index contributed by atoms with van der Waals surface area (Å²) in [4.78, 5) is 26.5. The topological polar surface area (TPSA) is 67.9 Å². The van der Waals surface area contributed by atoms with E-state index in [0.29, 0.717) is 30.0 Å². The number of ether oxygens (including phenoxy) is 2. The van der Waals surface area contributed by atoms with Gasteiger partial charge in [0.2, 0.25) is 5.91 Å². The molecule has 0 bridgehead atoms. The van der Waals surface area contributed by atoms with Crippen molar-refractivity contribution in [2.45, 2.75) is 38.8 Å². The SMILES string of the molecule is COc1cccc(OC)c1C(=O)NC1CC(=O)N(C(C)(C)C)C1. The number of nitrogens with one attached hydrogen (secondary N) is 1. The summed E-state index contributed by atoms with van der Waals surface area (Å²) in [6.07, 6.45) is 0.306. The molecule has 1 N–H and O–H groups in total. The molecule has 1 aromatic carbocycles. The summed E-state index contributed by atoms with van der Waals surface area (Å²) < 4.78 is 10.5.